The Labute approximate surface area is 75.3 Å². The summed E-state index contributed by atoms with van der Waals surface area (Å²) in [6.07, 6.45) is 1.05. The number of hydrogen-bond donors (Lipinski definition) is 0. The first-order valence-corrected chi connectivity index (χ1v) is 4.26. The molecule has 0 amide bonds. The maximum absolute atomic E-state index is 11.2. The minimum atomic E-state index is 0.263. The van der Waals surface area contributed by atoms with Crippen molar-refractivity contribution in [3.63, 3.8) is 0 Å². The van der Waals surface area contributed by atoms with E-state index in [1.807, 2.05) is 12.1 Å². The van der Waals surface area contributed by atoms with Crippen LogP contribution in [0.2, 0.25) is 0 Å². The number of ether oxygens (including phenoxy) is 2. The van der Waals surface area contributed by atoms with Crippen LogP contribution in [0.3, 0.4) is 0 Å². The Morgan fingerprint density at radius 3 is 3.00 bits per heavy atom. The summed E-state index contributed by atoms with van der Waals surface area (Å²) in [5, 5.41) is 0. The highest BCUT2D eigenvalue weighted by atomic mass is 16.7. The first kappa shape index (κ1) is 6.95. The molecule has 13 heavy (non-hydrogen) atoms. The lowest BCUT2D eigenvalue weighted by Gasteiger charge is -2.01. The van der Waals surface area contributed by atoms with Crippen LogP contribution in [0.25, 0.3) is 0 Å². The molecule has 1 aromatic rings. The van der Waals surface area contributed by atoms with Gasteiger partial charge in [0, 0.05) is 18.4 Å². The lowest BCUT2D eigenvalue weighted by molar-refractivity contribution is -0.117. The van der Waals surface area contributed by atoms with E-state index in [0.717, 1.165) is 22.6 Å². The van der Waals surface area contributed by atoms with Gasteiger partial charge in [0.2, 0.25) is 6.79 Å². The molecule has 2 aliphatic rings. The van der Waals surface area contributed by atoms with Gasteiger partial charge in [0.15, 0.2) is 11.5 Å². The van der Waals surface area contributed by atoms with E-state index in [4.69, 9.17) is 9.47 Å². The number of fused-ring (bicyclic) bond motifs is 3. The first-order valence-electron chi connectivity index (χ1n) is 4.26. The summed E-state index contributed by atoms with van der Waals surface area (Å²) in [5.41, 5.74) is 2.12. The Bertz CT molecular complexity index is 395. The van der Waals surface area contributed by atoms with Crippen molar-refractivity contribution >= 4 is 5.78 Å². The SMILES string of the molecule is O=C1Cc2ccc3c(c2C1)OCO3. The predicted molar refractivity (Wildman–Crippen MR) is 45.0 cm³/mol. The molecule has 0 saturated heterocycles. The maximum atomic E-state index is 11.2. The van der Waals surface area contributed by atoms with E-state index >= 15 is 0 Å². The molecule has 0 atom stereocenters. The van der Waals surface area contributed by atoms with E-state index in [0.29, 0.717) is 12.8 Å². The molecular weight excluding hydrogens is 168 g/mol. The molecule has 3 rings (SSSR count). The van der Waals surface area contributed by atoms with Crippen molar-refractivity contribution in [2.45, 2.75) is 12.8 Å². The summed E-state index contributed by atoms with van der Waals surface area (Å²) < 4.78 is 10.5. The summed E-state index contributed by atoms with van der Waals surface area (Å²) in [4.78, 5) is 11.2. The van der Waals surface area contributed by atoms with E-state index in [2.05, 4.69) is 0 Å². The molecule has 0 saturated carbocycles. The van der Waals surface area contributed by atoms with E-state index in [1.54, 1.807) is 0 Å². The molecule has 0 radical (unpaired) electrons. The van der Waals surface area contributed by atoms with Crippen LogP contribution in [0.1, 0.15) is 11.1 Å². The van der Waals surface area contributed by atoms with Crippen molar-refractivity contribution in [3.05, 3.63) is 23.3 Å². The van der Waals surface area contributed by atoms with Crippen molar-refractivity contribution < 1.29 is 14.3 Å². The highest BCUT2D eigenvalue weighted by molar-refractivity contribution is 5.89. The van der Waals surface area contributed by atoms with Gasteiger partial charge in [-0.05, 0) is 11.6 Å². The van der Waals surface area contributed by atoms with Gasteiger partial charge in [-0.3, -0.25) is 4.79 Å². The van der Waals surface area contributed by atoms with Gasteiger partial charge in [-0.1, -0.05) is 6.07 Å². The Hall–Kier alpha value is -1.51. The molecule has 0 unspecified atom stereocenters. The van der Waals surface area contributed by atoms with Crippen LogP contribution in [0, 0.1) is 0 Å². The summed E-state index contributed by atoms with van der Waals surface area (Å²) in [5.74, 6) is 1.82. The van der Waals surface area contributed by atoms with E-state index in [1.165, 1.54) is 0 Å². The largest absolute Gasteiger partial charge is 0.454 e. The predicted octanol–water partition coefficient (Wildman–Crippen LogP) is 1.08. The topological polar surface area (TPSA) is 35.5 Å². The van der Waals surface area contributed by atoms with Gasteiger partial charge < -0.3 is 9.47 Å². The second-order valence-corrected chi connectivity index (χ2v) is 3.33. The van der Waals surface area contributed by atoms with Crippen LogP contribution in [-0.2, 0) is 17.6 Å². The average molecular weight is 176 g/mol. The number of carbonyl (C=O) groups excluding carboxylic acids is 1. The molecule has 3 nitrogen and oxygen atoms in total. The Morgan fingerprint density at radius 2 is 2.08 bits per heavy atom. The number of Topliss-reactive ketones (excluding diaryl/α,β-unsaturated/α-hetero) is 1. The van der Waals surface area contributed by atoms with Crippen LogP contribution in [0.15, 0.2) is 12.1 Å². The Balaban J connectivity index is 2.21. The summed E-state index contributed by atoms with van der Waals surface area (Å²) in [7, 11) is 0. The first-order chi connectivity index (χ1) is 6.34. The van der Waals surface area contributed by atoms with Crippen molar-refractivity contribution in [2.75, 3.05) is 6.79 Å². The van der Waals surface area contributed by atoms with Gasteiger partial charge in [-0.25, -0.2) is 0 Å². The van der Waals surface area contributed by atoms with Crippen molar-refractivity contribution in [1.29, 1.82) is 0 Å². The van der Waals surface area contributed by atoms with Crippen LogP contribution in [-0.4, -0.2) is 12.6 Å². The second-order valence-electron chi connectivity index (χ2n) is 3.33. The van der Waals surface area contributed by atoms with Gasteiger partial charge in [-0.15, -0.1) is 0 Å². The minimum Gasteiger partial charge on any atom is -0.454 e. The third-order valence-electron chi connectivity index (χ3n) is 2.50. The highest BCUT2D eigenvalue weighted by Gasteiger charge is 2.27. The number of rotatable bonds is 0. The Morgan fingerprint density at radius 1 is 1.15 bits per heavy atom. The third-order valence-corrected chi connectivity index (χ3v) is 2.50. The summed E-state index contributed by atoms with van der Waals surface area (Å²) in [6, 6.07) is 3.83. The summed E-state index contributed by atoms with van der Waals surface area (Å²) in [6.45, 7) is 0.278. The van der Waals surface area contributed by atoms with Crippen LogP contribution >= 0.6 is 0 Å². The van der Waals surface area contributed by atoms with Crippen molar-refractivity contribution in [2.24, 2.45) is 0 Å². The maximum Gasteiger partial charge on any atom is 0.231 e. The molecule has 1 heterocycles. The number of carbonyl (C=O) groups is 1. The molecular formula is C10H8O3. The van der Waals surface area contributed by atoms with Crippen LogP contribution in [0.4, 0.5) is 0 Å². The number of benzene rings is 1. The van der Waals surface area contributed by atoms with Gasteiger partial charge in [0.05, 0.1) is 0 Å². The molecule has 0 aromatic heterocycles. The number of ketones is 1. The lowest BCUT2D eigenvalue weighted by atomic mass is 10.1. The van der Waals surface area contributed by atoms with Crippen LogP contribution < -0.4 is 9.47 Å². The van der Waals surface area contributed by atoms with Gasteiger partial charge in [0.1, 0.15) is 5.78 Å². The molecule has 0 spiro atoms. The molecule has 0 bridgehead atoms. The summed E-state index contributed by atoms with van der Waals surface area (Å²) >= 11 is 0. The fraction of sp³-hybridized carbons (Fsp3) is 0.300. The zero-order valence-corrected chi connectivity index (χ0v) is 7.00. The molecule has 66 valence electrons. The zero-order valence-electron chi connectivity index (χ0n) is 7.00. The Kier molecular flexibility index (Phi) is 1.20. The normalized spacial score (nSPS) is 17.7. The molecule has 0 N–H and O–H groups in total. The average Bonchev–Trinajstić information content (AvgIpc) is 2.65. The zero-order chi connectivity index (χ0) is 8.84. The molecule has 3 heteroatoms. The molecule has 1 aromatic carbocycles. The molecule has 0 fully saturated rings. The molecule has 1 aliphatic carbocycles. The van der Waals surface area contributed by atoms with E-state index in [-0.39, 0.29) is 12.6 Å². The van der Waals surface area contributed by atoms with Crippen molar-refractivity contribution in [1.82, 2.24) is 0 Å². The lowest BCUT2D eigenvalue weighted by Crippen LogP contribution is -1.95. The minimum absolute atomic E-state index is 0.263. The second kappa shape index (κ2) is 2.25. The molecule has 1 aliphatic heterocycles. The number of hydrogen-bond acceptors (Lipinski definition) is 3. The quantitative estimate of drug-likeness (QED) is 0.593. The van der Waals surface area contributed by atoms with Gasteiger partial charge in [0.25, 0.3) is 0 Å². The van der Waals surface area contributed by atoms with E-state index < -0.39 is 0 Å². The highest BCUT2D eigenvalue weighted by Crippen LogP contribution is 2.40. The van der Waals surface area contributed by atoms with Crippen molar-refractivity contribution in [3.8, 4) is 11.5 Å². The fourth-order valence-corrected chi connectivity index (χ4v) is 1.90. The van der Waals surface area contributed by atoms with Gasteiger partial charge >= 0.3 is 0 Å². The van der Waals surface area contributed by atoms with Gasteiger partial charge in [-0.2, -0.15) is 0 Å². The van der Waals surface area contributed by atoms with E-state index in [9.17, 15) is 4.79 Å². The fourth-order valence-electron chi connectivity index (χ4n) is 1.90. The standard InChI is InChI=1S/C10H8O3/c11-7-3-6-1-2-9-10(8(6)4-7)13-5-12-9/h1-2H,3-5H2. The third kappa shape index (κ3) is 0.869. The monoisotopic (exact) mass is 176 g/mol. The smallest absolute Gasteiger partial charge is 0.231 e. The van der Waals surface area contributed by atoms with Crippen LogP contribution in [0.5, 0.6) is 11.5 Å².